The van der Waals surface area contributed by atoms with Crippen LogP contribution in [0.5, 0.6) is 0 Å². The first-order valence-corrected chi connectivity index (χ1v) is 12.3. The van der Waals surface area contributed by atoms with Gasteiger partial charge in [-0.3, -0.25) is 24.1 Å². The number of amides is 3. The molecule has 31 heavy (non-hydrogen) atoms. The molecular formula is C18H18N4O6S3. The van der Waals surface area contributed by atoms with Crippen LogP contribution in [0.3, 0.4) is 0 Å². The van der Waals surface area contributed by atoms with Gasteiger partial charge in [0.05, 0.1) is 15.8 Å². The molecule has 1 saturated heterocycles. The minimum absolute atomic E-state index is 0.107. The maximum absolute atomic E-state index is 13.1. The molecule has 0 radical (unpaired) electrons. The van der Waals surface area contributed by atoms with Crippen LogP contribution in [0.25, 0.3) is 0 Å². The first-order chi connectivity index (χ1) is 14.4. The third-order valence-corrected chi connectivity index (χ3v) is 8.89. The highest BCUT2D eigenvalue weighted by Crippen LogP contribution is 2.52. The molecule has 2 aliphatic rings. The zero-order valence-electron chi connectivity index (χ0n) is 16.4. The van der Waals surface area contributed by atoms with Crippen molar-refractivity contribution >= 4 is 56.5 Å². The Kier molecular flexibility index (Phi) is 5.11. The fourth-order valence-electron chi connectivity index (χ4n) is 3.82. The van der Waals surface area contributed by atoms with Gasteiger partial charge in [-0.2, -0.15) is 0 Å². The summed E-state index contributed by atoms with van der Waals surface area (Å²) in [5.74, 6) is -2.23. The summed E-state index contributed by atoms with van der Waals surface area (Å²) < 4.78 is 22.6. The summed E-state index contributed by atoms with van der Waals surface area (Å²) in [6, 6.07) is 5.20. The van der Waals surface area contributed by atoms with Gasteiger partial charge in [0.1, 0.15) is 11.8 Å². The molecule has 1 fully saturated rings. The first kappa shape index (κ1) is 21.7. The van der Waals surface area contributed by atoms with Crippen molar-refractivity contribution in [3.8, 4) is 0 Å². The Balaban J connectivity index is 1.51. The standard InChI is InChI=1S/C18H18N4O6S3/c1-18(2)11-12(29-14-13(18)30-17(26)21-14)16(25)22(15(11)24)7-10(23)20-8-3-5-9(6-4-8)31(19,27)28/h3-6,11-12H,7H2,1-2H3,(H,20,23)(H,21,26)(H2,19,27,28). The number of thioether (sulfide) groups is 1. The lowest BCUT2D eigenvalue weighted by molar-refractivity contribution is -0.142. The second-order valence-electron chi connectivity index (χ2n) is 7.79. The lowest BCUT2D eigenvalue weighted by Crippen LogP contribution is -2.42. The van der Waals surface area contributed by atoms with Gasteiger partial charge in [-0.05, 0) is 24.3 Å². The smallest absolute Gasteiger partial charge is 0.305 e. The van der Waals surface area contributed by atoms with Crippen molar-refractivity contribution < 1.29 is 22.8 Å². The molecule has 2 aromatic rings. The molecule has 1 aromatic heterocycles. The van der Waals surface area contributed by atoms with Gasteiger partial charge >= 0.3 is 4.87 Å². The molecule has 164 valence electrons. The van der Waals surface area contributed by atoms with Gasteiger partial charge < -0.3 is 10.3 Å². The van der Waals surface area contributed by atoms with E-state index in [1.165, 1.54) is 24.3 Å². The van der Waals surface area contributed by atoms with E-state index in [0.717, 1.165) is 32.9 Å². The lowest BCUT2D eigenvalue weighted by Gasteiger charge is -2.36. The fourth-order valence-corrected chi connectivity index (χ4v) is 7.14. The molecule has 0 bridgehead atoms. The highest BCUT2D eigenvalue weighted by molar-refractivity contribution is 8.00. The summed E-state index contributed by atoms with van der Waals surface area (Å²) >= 11 is 2.17. The van der Waals surface area contributed by atoms with Gasteiger partial charge in [0.15, 0.2) is 0 Å². The van der Waals surface area contributed by atoms with Crippen molar-refractivity contribution in [3.05, 3.63) is 38.8 Å². The fraction of sp³-hybridized carbons (Fsp3) is 0.333. The molecule has 3 amide bonds. The number of hydrogen-bond acceptors (Lipinski definition) is 8. The molecule has 3 heterocycles. The van der Waals surface area contributed by atoms with Crippen LogP contribution in [-0.4, -0.2) is 47.8 Å². The van der Waals surface area contributed by atoms with Crippen molar-refractivity contribution in [1.29, 1.82) is 0 Å². The number of hydrogen-bond donors (Lipinski definition) is 3. The van der Waals surface area contributed by atoms with Crippen LogP contribution in [0.1, 0.15) is 18.7 Å². The Labute approximate surface area is 185 Å². The topological polar surface area (TPSA) is 160 Å². The van der Waals surface area contributed by atoms with Crippen LogP contribution in [-0.2, 0) is 29.8 Å². The number of primary sulfonamides is 1. The number of thiazole rings is 1. The molecule has 2 unspecified atom stereocenters. The maximum Gasteiger partial charge on any atom is 0.305 e. The van der Waals surface area contributed by atoms with Crippen molar-refractivity contribution in [3.63, 3.8) is 0 Å². The van der Waals surface area contributed by atoms with E-state index in [-0.39, 0.29) is 9.77 Å². The van der Waals surface area contributed by atoms with E-state index in [0.29, 0.717) is 10.7 Å². The van der Waals surface area contributed by atoms with E-state index in [2.05, 4.69) is 10.3 Å². The molecule has 4 rings (SSSR count). The van der Waals surface area contributed by atoms with Gasteiger partial charge in [0.2, 0.25) is 27.7 Å². The Hall–Kier alpha value is -2.48. The zero-order chi connectivity index (χ0) is 22.7. The van der Waals surface area contributed by atoms with Crippen LogP contribution < -0.4 is 15.3 Å². The van der Waals surface area contributed by atoms with Crippen LogP contribution in [0.15, 0.2) is 39.0 Å². The number of anilines is 1. The van der Waals surface area contributed by atoms with Gasteiger partial charge in [0.25, 0.3) is 0 Å². The number of aromatic amines is 1. The van der Waals surface area contributed by atoms with E-state index >= 15 is 0 Å². The second-order valence-corrected chi connectivity index (χ2v) is 11.5. The number of carbonyl (C=O) groups excluding carboxylic acids is 3. The minimum atomic E-state index is -3.86. The average Bonchev–Trinajstić information content (AvgIpc) is 3.15. The van der Waals surface area contributed by atoms with Gasteiger partial charge in [0, 0.05) is 16.0 Å². The summed E-state index contributed by atoms with van der Waals surface area (Å²) in [7, 11) is -3.86. The number of nitrogens with one attached hydrogen (secondary N) is 2. The van der Waals surface area contributed by atoms with E-state index in [1.807, 2.05) is 13.8 Å². The average molecular weight is 483 g/mol. The quantitative estimate of drug-likeness (QED) is 0.534. The monoisotopic (exact) mass is 482 g/mol. The number of sulfonamides is 1. The highest BCUT2D eigenvalue weighted by Gasteiger charge is 2.59. The number of carbonyl (C=O) groups is 3. The Morgan fingerprint density at radius 1 is 1.19 bits per heavy atom. The molecule has 2 atom stereocenters. The van der Waals surface area contributed by atoms with Crippen molar-refractivity contribution in [2.24, 2.45) is 11.1 Å². The van der Waals surface area contributed by atoms with Gasteiger partial charge in [-0.15, -0.1) is 0 Å². The summed E-state index contributed by atoms with van der Waals surface area (Å²) in [6.45, 7) is 3.16. The number of aromatic nitrogens is 1. The van der Waals surface area contributed by atoms with Crippen LogP contribution in [0, 0.1) is 5.92 Å². The zero-order valence-corrected chi connectivity index (χ0v) is 18.8. The predicted molar refractivity (Wildman–Crippen MR) is 114 cm³/mol. The number of fused-ring (bicyclic) bond motifs is 2. The Morgan fingerprint density at radius 3 is 2.45 bits per heavy atom. The molecule has 4 N–H and O–H groups in total. The number of benzene rings is 1. The van der Waals surface area contributed by atoms with Crippen molar-refractivity contribution in [2.45, 2.75) is 34.4 Å². The van der Waals surface area contributed by atoms with Gasteiger partial charge in [-0.25, -0.2) is 13.6 Å². The number of rotatable bonds is 4. The summed E-state index contributed by atoms with van der Waals surface area (Å²) in [6.07, 6.45) is 0. The van der Waals surface area contributed by atoms with Crippen molar-refractivity contribution in [1.82, 2.24) is 9.88 Å². The summed E-state index contributed by atoms with van der Waals surface area (Å²) in [5, 5.41) is 7.45. The number of nitrogens with zero attached hydrogens (tertiary/aromatic N) is 1. The van der Waals surface area contributed by atoms with Crippen LogP contribution >= 0.6 is 23.1 Å². The number of H-pyrrole nitrogens is 1. The van der Waals surface area contributed by atoms with Gasteiger partial charge in [-0.1, -0.05) is 36.9 Å². The second kappa shape index (κ2) is 7.29. The molecule has 0 aliphatic carbocycles. The van der Waals surface area contributed by atoms with E-state index < -0.39 is 50.9 Å². The van der Waals surface area contributed by atoms with E-state index in [9.17, 15) is 27.6 Å². The third-order valence-electron chi connectivity index (χ3n) is 5.34. The largest absolute Gasteiger partial charge is 0.325 e. The molecule has 13 heteroatoms. The molecule has 1 aromatic carbocycles. The van der Waals surface area contributed by atoms with Crippen LogP contribution in [0.2, 0.25) is 0 Å². The number of nitrogens with two attached hydrogens (primary N) is 1. The minimum Gasteiger partial charge on any atom is -0.325 e. The number of imide groups is 1. The molecule has 2 aliphatic heterocycles. The Bertz CT molecular complexity index is 1260. The summed E-state index contributed by atoms with van der Waals surface area (Å²) in [4.78, 5) is 54.3. The lowest BCUT2D eigenvalue weighted by atomic mass is 9.76. The number of likely N-dealkylation sites (tertiary alicyclic amines) is 1. The predicted octanol–water partition coefficient (Wildman–Crippen LogP) is 0.459. The highest BCUT2D eigenvalue weighted by atomic mass is 32.2. The van der Waals surface area contributed by atoms with Crippen molar-refractivity contribution in [2.75, 3.05) is 11.9 Å². The van der Waals surface area contributed by atoms with E-state index in [4.69, 9.17) is 5.14 Å². The normalized spacial score (nSPS) is 22.2. The SMILES string of the molecule is CC1(C)c2sc(=O)[nH]c2SC2C(=O)N(CC(=O)Nc3ccc(S(N)(=O)=O)cc3)C(=O)C21. The molecule has 0 spiro atoms. The first-order valence-electron chi connectivity index (χ1n) is 9.08. The molecule has 0 saturated carbocycles. The van der Waals surface area contributed by atoms with Crippen LogP contribution in [0.4, 0.5) is 5.69 Å². The van der Waals surface area contributed by atoms with E-state index in [1.54, 1.807) is 0 Å². The molecule has 10 nitrogen and oxygen atoms in total. The third kappa shape index (κ3) is 3.71. The summed E-state index contributed by atoms with van der Waals surface area (Å²) in [5.41, 5.74) is -0.445. The molecular weight excluding hydrogens is 464 g/mol. The maximum atomic E-state index is 13.1. The Morgan fingerprint density at radius 2 is 1.84 bits per heavy atom.